The van der Waals surface area contributed by atoms with Gasteiger partial charge in [0.1, 0.15) is 6.61 Å². The maximum absolute atomic E-state index is 11.5. The molecule has 1 atom stereocenters. The molecule has 0 unspecified atom stereocenters. The van der Waals surface area contributed by atoms with Gasteiger partial charge < -0.3 is 14.4 Å². The summed E-state index contributed by atoms with van der Waals surface area (Å²) in [4.78, 5) is 13.4. The Morgan fingerprint density at radius 2 is 2.31 bits per heavy atom. The fourth-order valence-corrected chi connectivity index (χ4v) is 3.96. The van der Waals surface area contributed by atoms with E-state index in [9.17, 15) is 4.79 Å². The van der Waals surface area contributed by atoms with Gasteiger partial charge in [0, 0.05) is 32.6 Å². The lowest BCUT2D eigenvalue weighted by Gasteiger charge is -2.47. The van der Waals surface area contributed by atoms with E-state index in [1.807, 2.05) is 23.6 Å². The minimum atomic E-state index is 0.105. The molecule has 2 aliphatic heterocycles. The minimum Gasteiger partial charge on any atom is -0.378 e. The first-order valence-corrected chi connectivity index (χ1v) is 6.70. The van der Waals surface area contributed by atoms with Gasteiger partial charge in [-0.15, -0.1) is 11.8 Å². The third-order valence-electron chi connectivity index (χ3n) is 3.16. The van der Waals surface area contributed by atoms with Gasteiger partial charge >= 0.3 is 0 Å². The molecule has 2 saturated heterocycles. The maximum atomic E-state index is 11.5. The molecule has 0 aliphatic carbocycles. The van der Waals surface area contributed by atoms with Crippen molar-refractivity contribution in [1.82, 2.24) is 4.90 Å². The van der Waals surface area contributed by atoms with Crippen LogP contribution in [0.5, 0.6) is 0 Å². The Hall–Kier alpha value is -0.260. The normalized spacial score (nSPS) is 27.1. The molecule has 0 saturated carbocycles. The maximum Gasteiger partial charge on any atom is 0.248 e. The highest BCUT2D eigenvalue weighted by atomic mass is 32.2. The van der Waals surface area contributed by atoms with Crippen LogP contribution in [0.15, 0.2) is 0 Å². The summed E-state index contributed by atoms with van der Waals surface area (Å²) >= 11 is 1.96. The van der Waals surface area contributed by atoms with Crippen LogP contribution in [0.3, 0.4) is 0 Å². The van der Waals surface area contributed by atoms with Crippen molar-refractivity contribution in [2.75, 3.05) is 39.2 Å². The van der Waals surface area contributed by atoms with Gasteiger partial charge in [0.2, 0.25) is 5.91 Å². The zero-order chi connectivity index (χ0) is 11.6. The SMILES string of the molecule is CCO[C@H]1CSC2(C1)CN(C(=O)COC)C2. The lowest BCUT2D eigenvalue weighted by molar-refractivity contribution is -0.140. The fraction of sp³-hybridized carbons (Fsp3) is 0.909. The first-order valence-electron chi connectivity index (χ1n) is 5.71. The van der Waals surface area contributed by atoms with E-state index in [1.165, 1.54) is 0 Å². The largest absolute Gasteiger partial charge is 0.378 e. The Morgan fingerprint density at radius 1 is 1.56 bits per heavy atom. The van der Waals surface area contributed by atoms with E-state index in [2.05, 4.69) is 0 Å². The van der Waals surface area contributed by atoms with E-state index < -0.39 is 0 Å². The molecule has 0 aromatic carbocycles. The fourth-order valence-electron chi connectivity index (χ4n) is 2.41. The second-order valence-corrected chi connectivity index (χ2v) is 5.95. The van der Waals surface area contributed by atoms with Gasteiger partial charge in [-0.25, -0.2) is 0 Å². The summed E-state index contributed by atoms with van der Waals surface area (Å²) in [7, 11) is 1.56. The second-order valence-electron chi connectivity index (χ2n) is 4.46. The van der Waals surface area contributed by atoms with Crippen LogP contribution < -0.4 is 0 Å². The number of hydrogen-bond acceptors (Lipinski definition) is 4. The molecule has 5 heteroatoms. The van der Waals surface area contributed by atoms with E-state index in [1.54, 1.807) is 7.11 Å². The van der Waals surface area contributed by atoms with Gasteiger partial charge in [-0.05, 0) is 13.3 Å². The summed E-state index contributed by atoms with van der Waals surface area (Å²) in [5.41, 5.74) is 0. The van der Waals surface area contributed by atoms with Crippen molar-refractivity contribution < 1.29 is 14.3 Å². The van der Waals surface area contributed by atoms with Gasteiger partial charge in [-0.3, -0.25) is 4.79 Å². The van der Waals surface area contributed by atoms with Crippen molar-refractivity contribution in [3.8, 4) is 0 Å². The number of hydrogen-bond donors (Lipinski definition) is 0. The van der Waals surface area contributed by atoms with Crippen LogP contribution in [0.4, 0.5) is 0 Å². The summed E-state index contributed by atoms with van der Waals surface area (Å²) in [5.74, 6) is 1.17. The zero-order valence-electron chi connectivity index (χ0n) is 9.90. The van der Waals surface area contributed by atoms with Gasteiger partial charge in [0.05, 0.1) is 10.9 Å². The molecule has 0 aromatic rings. The summed E-state index contributed by atoms with van der Waals surface area (Å²) < 4.78 is 10.8. The van der Waals surface area contributed by atoms with Crippen LogP contribution in [0.2, 0.25) is 0 Å². The monoisotopic (exact) mass is 245 g/mol. The smallest absolute Gasteiger partial charge is 0.248 e. The molecule has 4 nitrogen and oxygen atoms in total. The molecular weight excluding hydrogens is 226 g/mol. The van der Waals surface area contributed by atoms with E-state index >= 15 is 0 Å². The average Bonchev–Trinajstić information content (AvgIpc) is 2.61. The molecule has 16 heavy (non-hydrogen) atoms. The van der Waals surface area contributed by atoms with Crippen LogP contribution in [-0.4, -0.2) is 60.8 Å². The quantitative estimate of drug-likeness (QED) is 0.733. The van der Waals surface area contributed by atoms with Crippen LogP contribution >= 0.6 is 11.8 Å². The minimum absolute atomic E-state index is 0.105. The van der Waals surface area contributed by atoms with Crippen LogP contribution in [-0.2, 0) is 14.3 Å². The summed E-state index contributed by atoms with van der Waals surface area (Å²) in [6.07, 6.45) is 1.47. The predicted molar refractivity (Wildman–Crippen MR) is 63.7 cm³/mol. The number of methoxy groups -OCH3 is 1. The Bertz CT molecular complexity index is 266. The lowest BCUT2D eigenvalue weighted by Crippen LogP contribution is -2.61. The molecule has 0 N–H and O–H groups in total. The van der Waals surface area contributed by atoms with Crippen molar-refractivity contribution in [3.63, 3.8) is 0 Å². The molecule has 1 spiro atoms. The predicted octanol–water partition coefficient (Wildman–Crippen LogP) is 0.756. The highest BCUT2D eigenvalue weighted by Crippen LogP contribution is 2.45. The molecule has 92 valence electrons. The highest BCUT2D eigenvalue weighted by molar-refractivity contribution is 8.01. The Kier molecular flexibility index (Phi) is 3.77. The summed E-state index contributed by atoms with van der Waals surface area (Å²) in [6.45, 7) is 4.75. The molecule has 0 aromatic heterocycles. The number of rotatable bonds is 4. The van der Waals surface area contributed by atoms with Crippen LogP contribution in [0.1, 0.15) is 13.3 Å². The molecule has 2 fully saturated rings. The van der Waals surface area contributed by atoms with E-state index in [-0.39, 0.29) is 17.3 Å². The third-order valence-corrected chi connectivity index (χ3v) is 4.73. The molecule has 0 radical (unpaired) electrons. The number of carbonyl (C=O) groups excluding carboxylic acids is 1. The number of likely N-dealkylation sites (tertiary alicyclic amines) is 1. The first kappa shape index (κ1) is 12.2. The standard InChI is InChI=1S/C11H19NO3S/c1-3-15-9-4-11(16-6-9)7-12(8-11)10(13)5-14-2/h9H,3-8H2,1-2H3/t9-/m1/s1. The second kappa shape index (κ2) is 4.94. The molecule has 0 bridgehead atoms. The van der Waals surface area contributed by atoms with Gasteiger partial charge in [-0.2, -0.15) is 0 Å². The van der Waals surface area contributed by atoms with Crippen molar-refractivity contribution in [2.45, 2.75) is 24.2 Å². The Morgan fingerprint density at radius 3 is 2.94 bits per heavy atom. The van der Waals surface area contributed by atoms with E-state index in [0.717, 1.165) is 31.9 Å². The molecule has 2 rings (SSSR count). The number of ether oxygens (including phenoxy) is 2. The number of amides is 1. The van der Waals surface area contributed by atoms with Crippen molar-refractivity contribution in [1.29, 1.82) is 0 Å². The molecule has 2 aliphatic rings. The van der Waals surface area contributed by atoms with Gasteiger partial charge in [-0.1, -0.05) is 0 Å². The lowest BCUT2D eigenvalue weighted by atomic mass is 9.93. The molecular formula is C11H19NO3S. The van der Waals surface area contributed by atoms with E-state index in [4.69, 9.17) is 9.47 Å². The average molecular weight is 245 g/mol. The van der Waals surface area contributed by atoms with E-state index in [0.29, 0.717) is 6.10 Å². The highest BCUT2D eigenvalue weighted by Gasteiger charge is 2.50. The Balaban J connectivity index is 1.77. The summed E-state index contributed by atoms with van der Waals surface area (Å²) in [5, 5.41) is 0. The van der Waals surface area contributed by atoms with Crippen LogP contribution in [0.25, 0.3) is 0 Å². The van der Waals surface area contributed by atoms with Crippen LogP contribution in [0, 0.1) is 0 Å². The third kappa shape index (κ3) is 2.36. The zero-order valence-corrected chi connectivity index (χ0v) is 10.7. The molecule has 1 amide bonds. The first-order chi connectivity index (χ1) is 7.69. The van der Waals surface area contributed by atoms with Gasteiger partial charge in [0.25, 0.3) is 0 Å². The van der Waals surface area contributed by atoms with Gasteiger partial charge in [0.15, 0.2) is 0 Å². The number of carbonyl (C=O) groups is 1. The van der Waals surface area contributed by atoms with Crippen molar-refractivity contribution in [2.24, 2.45) is 0 Å². The Labute approximate surface area is 101 Å². The van der Waals surface area contributed by atoms with Crippen molar-refractivity contribution >= 4 is 17.7 Å². The number of thioether (sulfide) groups is 1. The molecule has 2 heterocycles. The van der Waals surface area contributed by atoms with Crippen molar-refractivity contribution in [3.05, 3.63) is 0 Å². The summed E-state index contributed by atoms with van der Waals surface area (Å²) in [6, 6.07) is 0. The number of nitrogens with zero attached hydrogens (tertiary/aromatic N) is 1. The topological polar surface area (TPSA) is 38.8 Å².